The number of carbonyl (C=O) groups is 6. The number of ether oxygens (including phenoxy) is 3. The van der Waals surface area contributed by atoms with Crippen molar-refractivity contribution in [3.8, 4) is 0 Å². The summed E-state index contributed by atoms with van der Waals surface area (Å²) >= 11 is -3.91. The molecule has 0 rings (SSSR count). The van der Waals surface area contributed by atoms with Gasteiger partial charge in [0.15, 0.2) is 17.3 Å². The summed E-state index contributed by atoms with van der Waals surface area (Å²) in [6, 6.07) is 0. The Morgan fingerprint density at radius 2 is 0.721 bits per heavy atom. The maximum atomic E-state index is 12.6. The van der Waals surface area contributed by atoms with Gasteiger partial charge in [-0.1, -0.05) is 60.8 Å². The molecule has 0 aliphatic heterocycles. The molecule has 13 heteroatoms. The molecule has 3 atom stereocenters. The largest absolute Gasteiger partial charge is 1.20 e. The molecule has 0 bridgehead atoms. The Balaban J connectivity index is 5.46. The van der Waals surface area contributed by atoms with Gasteiger partial charge < -0.3 is 25.6 Å². The second-order valence-corrected chi connectivity index (χ2v) is 11.3. The smallest absolute Gasteiger partial charge is 0.550 e. The highest BCUT2D eigenvalue weighted by molar-refractivity contribution is 6.44. The SMILES string of the molecule is CCCCOC(CC)C(=O)CC(=O)[O][Al]([O]C(=O)CC(=O)C(CC)OCCCC)[O]C(=O)CC(=O)C(CC)OCCCC. The van der Waals surface area contributed by atoms with Crippen LogP contribution in [0.4, 0.5) is 0 Å². The van der Waals surface area contributed by atoms with Gasteiger partial charge in [-0.3, -0.25) is 28.8 Å². The molecule has 0 heterocycles. The minimum absolute atomic E-state index is 0.336. The van der Waals surface area contributed by atoms with Crippen LogP contribution in [0, 0.1) is 0 Å². The molecule has 0 aromatic rings. The Morgan fingerprint density at radius 3 is 0.930 bits per heavy atom. The van der Waals surface area contributed by atoms with Crippen molar-refractivity contribution in [2.24, 2.45) is 0 Å². The van der Waals surface area contributed by atoms with Crippen LogP contribution < -0.4 is 0 Å². The Hall–Kier alpha value is -2.17. The van der Waals surface area contributed by atoms with Crippen LogP contribution in [-0.4, -0.2) is 88.5 Å². The quantitative estimate of drug-likeness (QED) is 0.0722. The number of carbonyl (C=O) groups excluding carboxylic acids is 6. The number of ketones is 3. The molecular weight excluding hydrogens is 579 g/mol. The number of Topliss-reactive ketones (excluding diaryl/α,β-unsaturated/α-hetero) is 3. The van der Waals surface area contributed by atoms with Gasteiger partial charge in [0.1, 0.15) is 37.6 Å². The van der Waals surface area contributed by atoms with E-state index in [2.05, 4.69) is 0 Å². The maximum Gasteiger partial charge on any atom is 1.20 e. The highest BCUT2D eigenvalue weighted by Crippen LogP contribution is 2.11. The fourth-order valence-corrected chi connectivity index (χ4v) is 4.75. The number of hydrogen-bond donors (Lipinski definition) is 0. The van der Waals surface area contributed by atoms with Crippen LogP contribution in [0.25, 0.3) is 0 Å². The zero-order valence-electron chi connectivity index (χ0n) is 26.8. The number of hydrogen-bond acceptors (Lipinski definition) is 12. The van der Waals surface area contributed by atoms with E-state index in [9.17, 15) is 28.8 Å². The monoisotopic (exact) mass is 630 g/mol. The van der Waals surface area contributed by atoms with E-state index >= 15 is 0 Å². The third kappa shape index (κ3) is 19.0. The first-order valence-corrected chi connectivity index (χ1v) is 17.0. The molecule has 246 valence electrons. The first kappa shape index (κ1) is 40.8. The summed E-state index contributed by atoms with van der Waals surface area (Å²) in [5.41, 5.74) is 0. The van der Waals surface area contributed by atoms with Crippen molar-refractivity contribution < 1.29 is 54.3 Å². The summed E-state index contributed by atoms with van der Waals surface area (Å²) in [6.45, 7) is 12.2. The second-order valence-electron chi connectivity index (χ2n) is 10.1. The van der Waals surface area contributed by atoms with E-state index in [1.54, 1.807) is 20.8 Å². The highest BCUT2D eigenvalue weighted by Gasteiger charge is 2.50. The Labute approximate surface area is 261 Å². The molecule has 0 radical (unpaired) electrons. The van der Waals surface area contributed by atoms with E-state index in [1.165, 1.54) is 0 Å². The zero-order valence-corrected chi connectivity index (χ0v) is 28.0. The summed E-state index contributed by atoms with van der Waals surface area (Å²) in [5.74, 6) is -4.86. The van der Waals surface area contributed by atoms with Gasteiger partial charge in [0.25, 0.3) is 17.9 Å². The van der Waals surface area contributed by atoms with Gasteiger partial charge in [-0.15, -0.1) is 0 Å². The minimum atomic E-state index is -3.91. The fourth-order valence-electron chi connectivity index (χ4n) is 3.71. The lowest BCUT2D eigenvalue weighted by atomic mass is 10.1. The lowest BCUT2D eigenvalue weighted by Crippen LogP contribution is -2.38. The topological polar surface area (TPSA) is 158 Å². The molecule has 0 fully saturated rings. The van der Waals surface area contributed by atoms with Crippen LogP contribution in [0.3, 0.4) is 0 Å². The molecular formula is C30H51AlO12. The van der Waals surface area contributed by atoms with Crippen molar-refractivity contribution in [1.29, 1.82) is 0 Å². The summed E-state index contributed by atoms with van der Waals surface area (Å²) in [4.78, 5) is 75.6. The van der Waals surface area contributed by atoms with Gasteiger partial charge in [-0.2, -0.15) is 0 Å². The lowest BCUT2D eigenvalue weighted by molar-refractivity contribution is -0.150. The van der Waals surface area contributed by atoms with Crippen molar-refractivity contribution in [1.82, 2.24) is 0 Å². The average molecular weight is 631 g/mol. The standard InChI is InChI=1S/3C10H18O4.Al/c3*1-3-5-6-14-9(4-2)8(11)7-10(12)13;/h3*9H,3-7H2,1-2H3,(H,12,13);/q;;;+3/p-3. The average Bonchev–Trinajstić information content (AvgIpc) is 2.95. The van der Waals surface area contributed by atoms with Gasteiger partial charge in [-0.25, -0.2) is 0 Å². The van der Waals surface area contributed by atoms with Crippen molar-refractivity contribution in [3.63, 3.8) is 0 Å². The van der Waals surface area contributed by atoms with Gasteiger partial charge in [0.2, 0.25) is 0 Å². The van der Waals surface area contributed by atoms with E-state index in [0.29, 0.717) is 39.1 Å². The summed E-state index contributed by atoms with van der Waals surface area (Å²) in [7, 11) is 0. The number of unbranched alkanes of at least 4 members (excludes halogenated alkanes) is 3. The molecule has 0 saturated heterocycles. The van der Waals surface area contributed by atoms with Crippen LogP contribution >= 0.6 is 0 Å². The third-order valence-electron chi connectivity index (χ3n) is 6.28. The van der Waals surface area contributed by atoms with Gasteiger partial charge in [0.05, 0.1) is 0 Å². The zero-order chi connectivity index (χ0) is 32.6. The lowest BCUT2D eigenvalue weighted by Gasteiger charge is -2.18. The molecule has 12 nitrogen and oxygen atoms in total. The highest BCUT2D eigenvalue weighted by atomic mass is 27.3. The van der Waals surface area contributed by atoms with Crippen LogP contribution in [0.15, 0.2) is 0 Å². The van der Waals surface area contributed by atoms with E-state index in [-0.39, 0.29) is 0 Å². The van der Waals surface area contributed by atoms with Crippen molar-refractivity contribution in [2.75, 3.05) is 19.8 Å². The first-order chi connectivity index (χ1) is 20.6. The molecule has 43 heavy (non-hydrogen) atoms. The first-order valence-electron chi connectivity index (χ1n) is 15.6. The normalized spacial score (nSPS) is 13.0. The predicted molar refractivity (Wildman–Crippen MR) is 158 cm³/mol. The summed E-state index contributed by atoms with van der Waals surface area (Å²) in [5, 5.41) is 0. The summed E-state index contributed by atoms with van der Waals surface area (Å²) < 4.78 is 32.0. The Kier molecular flexibility index (Phi) is 23.9. The second kappa shape index (κ2) is 25.2. The Bertz CT molecular complexity index is 753. The van der Waals surface area contributed by atoms with Crippen LogP contribution in [-0.2, 0) is 54.3 Å². The van der Waals surface area contributed by atoms with E-state index in [1.807, 2.05) is 20.8 Å². The maximum absolute atomic E-state index is 12.6. The molecule has 0 spiro atoms. The number of rotatable bonds is 27. The molecule has 0 aliphatic rings. The molecule has 0 saturated carbocycles. The van der Waals surface area contributed by atoms with Crippen LogP contribution in [0.5, 0.6) is 0 Å². The fraction of sp³-hybridized carbons (Fsp3) is 0.800. The van der Waals surface area contributed by atoms with Gasteiger partial charge in [0, 0.05) is 19.8 Å². The van der Waals surface area contributed by atoms with E-state index in [4.69, 9.17) is 25.6 Å². The molecule has 0 N–H and O–H groups in total. The minimum Gasteiger partial charge on any atom is -0.550 e. The van der Waals surface area contributed by atoms with Crippen molar-refractivity contribution in [3.05, 3.63) is 0 Å². The predicted octanol–water partition coefficient (Wildman–Crippen LogP) is 4.26. The van der Waals surface area contributed by atoms with E-state index in [0.717, 1.165) is 38.5 Å². The summed E-state index contributed by atoms with van der Waals surface area (Å²) in [6.07, 6.45) is 1.29. The third-order valence-corrected chi connectivity index (χ3v) is 7.65. The molecule has 0 amide bonds. The van der Waals surface area contributed by atoms with Crippen LogP contribution in [0.2, 0.25) is 0 Å². The van der Waals surface area contributed by atoms with Crippen molar-refractivity contribution >= 4 is 50.4 Å². The van der Waals surface area contributed by atoms with Crippen molar-refractivity contribution in [2.45, 2.75) is 137 Å². The Morgan fingerprint density at radius 1 is 0.465 bits per heavy atom. The molecule has 0 aromatic heterocycles. The van der Waals surface area contributed by atoms with Crippen LogP contribution in [0.1, 0.15) is 119 Å². The molecule has 0 aromatic carbocycles. The van der Waals surface area contributed by atoms with Gasteiger partial charge >= 0.3 is 15.1 Å². The van der Waals surface area contributed by atoms with E-state index < -0.39 is 88.0 Å². The molecule has 0 aliphatic carbocycles. The van der Waals surface area contributed by atoms with Gasteiger partial charge in [-0.05, 0) is 38.5 Å². The molecule has 3 unspecified atom stereocenters.